The number of carbonyl (C=O) groups is 1. The van der Waals surface area contributed by atoms with Crippen LogP contribution >= 0.6 is 0 Å². The van der Waals surface area contributed by atoms with Crippen LogP contribution in [-0.4, -0.2) is 16.2 Å². The Hall–Kier alpha value is -1.35. The van der Waals surface area contributed by atoms with Crippen LogP contribution in [0.1, 0.15) is 36.1 Å². The van der Waals surface area contributed by atoms with E-state index in [1.807, 2.05) is 32.0 Å². The van der Waals surface area contributed by atoms with Crippen molar-refractivity contribution >= 4 is 5.97 Å². The van der Waals surface area contributed by atoms with Crippen molar-refractivity contribution in [3.8, 4) is 0 Å². The third-order valence-corrected chi connectivity index (χ3v) is 2.87. The molecule has 0 saturated carbocycles. The van der Waals surface area contributed by atoms with Crippen LogP contribution in [0.2, 0.25) is 0 Å². The highest BCUT2D eigenvalue weighted by atomic mass is 16.4. The van der Waals surface area contributed by atoms with Crippen molar-refractivity contribution in [2.24, 2.45) is 5.92 Å². The Bertz CT molecular complexity index is 365. The summed E-state index contributed by atoms with van der Waals surface area (Å²) >= 11 is 0. The van der Waals surface area contributed by atoms with Gasteiger partial charge in [-0.1, -0.05) is 25.1 Å². The van der Waals surface area contributed by atoms with E-state index >= 15 is 0 Å². The SMILES string of the molecule is Cc1cccc(C)c1C(O)C(C)CC(=O)O. The van der Waals surface area contributed by atoms with Gasteiger partial charge in [0, 0.05) is 0 Å². The maximum atomic E-state index is 10.6. The normalized spacial score (nSPS) is 14.5. The summed E-state index contributed by atoms with van der Waals surface area (Å²) in [4.78, 5) is 10.6. The molecule has 88 valence electrons. The quantitative estimate of drug-likeness (QED) is 0.822. The molecular formula is C13H18O3. The van der Waals surface area contributed by atoms with E-state index < -0.39 is 12.1 Å². The number of hydrogen-bond acceptors (Lipinski definition) is 2. The molecule has 3 heteroatoms. The molecule has 0 aliphatic carbocycles. The van der Waals surface area contributed by atoms with Gasteiger partial charge in [0.1, 0.15) is 0 Å². The smallest absolute Gasteiger partial charge is 0.303 e. The summed E-state index contributed by atoms with van der Waals surface area (Å²) in [5.74, 6) is -1.16. The molecule has 16 heavy (non-hydrogen) atoms. The summed E-state index contributed by atoms with van der Waals surface area (Å²) in [6.45, 7) is 5.61. The molecule has 0 aliphatic heterocycles. The zero-order valence-electron chi connectivity index (χ0n) is 9.90. The Morgan fingerprint density at radius 2 is 1.81 bits per heavy atom. The van der Waals surface area contributed by atoms with Crippen molar-refractivity contribution in [1.29, 1.82) is 0 Å². The first-order valence-corrected chi connectivity index (χ1v) is 5.39. The van der Waals surface area contributed by atoms with Gasteiger partial charge in [-0.2, -0.15) is 0 Å². The van der Waals surface area contributed by atoms with Crippen molar-refractivity contribution in [2.45, 2.75) is 33.3 Å². The highest BCUT2D eigenvalue weighted by Gasteiger charge is 2.21. The third kappa shape index (κ3) is 2.83. The average molecular weight is 222 g/mol. The first-order chi connectivity index (χ1) is 7.43. The largest absolute Gasteiger partial charge is 0.481 e. The van der Waals surface area contributed by atoms with Crippen molar-refractivity contribution in [3.05, 3.63) is 34.9 Å². The van der Waals surface area contributed by atoms with Crippen LogP contribution in [0.25, 0.3) is 0 Å². The van der Waals surface area contributed by atoms with Crippen LogP contribution in [0.5, 0.6) is 0 Å². The molecule has 2 unspecified atom stereocenters. The molecule has 3 nitrogen and oxygen atoms in total. The van der Waals surface area contributed by atoms with Gasteiger partial charge in [-0.05, 0) is 36.5 Å². The number of aryl methyl sites for hydroxylation is 2. The van der Waals surface area contributed by atoms with Gasteiger partial charge in [0.05, 0.1) is 12.5 Å². The van der Waals surface area contributed by atoms with E-state index in [2.05, 4.69) is 0 Å². The Morgan fingerprint density at radius 3 is 2.25 bits per heavy atom. The van der Waals surface area contributed by atoms with E-state index in [0.29, 0.717) is 0 Å². The van der Waals surface area contributed by atoms with Crippen LogP contribution in [0, 0.1) is 19.8 Å². The van der Waals surface area contributed by atoms with Gasteiger partial charge in [0.2, 0.25) is 0 Å². The Balaban J connectivity index is 2.95. The van der Waals surface area contributed by atoms with Crippen molar-refractivity contribution in [1.82, 2.24) is 0 Å². The van der Waals surface area contributed by atoms with Gasteiger partial charge >= 0.3 is 5.97 Å². The molecule has 0 radical (unpaired) electrons. The van der Waals surface area contributed by atoms with Gasteiger partial charge in [-0.3, -0.25) is 4.79 Å². The summed E-state index contributed by atoms with van der Waals surface area (Å²) < 4.78 is 0. The first kappa shape index (κ1) is 12.7. The molecule has 0 amide bonds. The van der Waals surface area contributed by atoms with Crippen molar-refractivity contribution in [3.63, 3.8) is 0 Å². The summed E-state index contributed by atoms with van der Waals surface area (Å²) in [6.07, 6.45) is -0.730. The number of hydrogen-bond donors (Lipinski definition) is 2. The molecule has 0 saturated heterocycles. The molecular weight excluding hydrogens is 204 g/mol. The average Bonchev–Trinajstić information content (AvgIpc) is 2.16. The molecule has 0 bridgehead atoms. The number of rotatable bonds is 4. The van der Waals surface area contributed by atoms with Crippen LogP contribution < -0.4 is 0 Å². The summed E-state index contributed by atoms with van der Waals surface area (Å²) in [5.41, 5.74) is 2.87. The fourth-order valence-corrected chi connectivity index (χ4v) is 1.97. The minimum atomic E-state index is -0.877. The van der Waals surface area contributed by atoms with Crippen LogP contribution in [0.4, 0.5) is 0 Å². The van der Waals surface area contributed by atoms with Crippen molar-refractivity contribution < 1.29 is 15.0 Å². The molecule has 0 heterocycles. The molecule has 1 aromatic rings. The highest BCUT2D eigenvalue weighted by molar-refractivity contribution is 5.67. The summed E-state index contributed by atoms with van der Waals surface area (Å²) in [5, 5.41) is 18.8. The fraction of sp³-hybridized carbons (Fsp3) is 0.462. The fourth-order valence-electron chi connectivity index (χ4n) is 1.97. The topological polar surface area (TPSA) is 57.5 Å². The lowest BCUT2D eigenvalue weighted by Gasteiger charge is -2.21. The lowest BCUT2D eigenvalue weighted by molar-refractivity contribution is -0.139. The molecule has 0 fully saturated rings. The van der Waals surface area contributed by atoms with E-state index in [9.17, 15) is 9.90 Å². The number of benzene rings is 1. The predicted molar refractivity (Wildman–Crippen MR) is 62.3 cm³/mol. The number of aliphatic carboxylic acids is 1. The zero-order chi connectivity index (χ0) is 12.3. The maximum absolute atomic E-state index is 10.6. The summed E-state index contributed by atoms with van der Waals surface area (Å²) in [7, 11) is 0. The molecule has 2 atom stereocenters. The third-order valence-electron chi connectivity index (χ3n) is 2.87. The number of aliphatic hydroxyl groups is 1. The second-order valence-electron chi connectivity index (χ2n) is 4.33. The molecule has 0 aromatic heterocycles. The predicted octanol–water partition coefficient (Wildman–Crippen LogP) is 2.45. The van der Waals surface area contributed by atoms with Crippen molar-refractivity contribution in [2.75, 3.05) is 0 Å². The van der Waals surface area contributed by atoms with Gasteiger partial charge in [0.25, 0.3) is 0 Å². The summed E-state index contributed by atoms with van der Waals surface area (Å²) in [6, 6.07) is 5.79. The molecule has 1 aromatic carbocycles. The monoisotopic (exact) mass is 222 g/mol. The number of aliphatic hydroxyl groups excluding tert-OH is 1. The second kappa shape index (κ2) is 5.12. The Kier molecular flexibility index (Phi) is 4.07. The first-order valence-electron chi connectivity index (χ1n) is 5.39. The standard InChI is InChI=1S/C13H18O3/c1-8-5-4-6-9(2)12(8)13(16)10(3)7-11(14)15/h4-6,10,13,16H,7H2,1-3H3,(H,14,15). The van der Waals surface area contributed by atoms with Crippen LogP contribution in [0.3, 0.4) is 0 Å². The van der Waals surface area contributed by atoms with E-state index in [-0.39, 0.29) is 12.3 Å². The second-order valence-corrected chi connectivity index (χ2v) is 4.33. The minimum Gasteiger partial charge on any atom is -0.481 e. The molecule has 2 N–H and O–H groups in total. The van der Waals surface area contributed by atoms with Crippen LogP contribution in [-0.2, 0) is 4.79 Å². The lowest BCUT2D eigenvalue weighted by atomic mass is 9.89. The van der Waals surface area contributed by atoms with Gasteiger partial charge in [0.15, 0.2) is 0 Å². The zero-order valence-corrected chi connectivity index (χ0v) is 9.90. The minimum absolute atomic E-state index is 0.0189. The van der Waals surface area contributed by atoms with E-state index in [0.717, 1.165) is 16.7 Å². The lowest BCUT2D eigenvalue weighted by Crippen LogP contribution is -2.15. The number of carboxylic acids is 1. The van der Waals surface area contributed by atoms with Crippen LogP contribution in [0.15, 0.2) is 18.2 Å². The maximum Gasteiger partial charge on any atom is 0.303 e. The molecule has 0 aliphatic rings. The van der Waals surface area contributed by atoms with Gasteiger partial charge in [-0.25, -0.2) is 0 Å². The van der Waals surface area contributed by atoms with E-state index in [4.69, 9.17) is 5.11 Å². The molecule has 1 rings (SSSR count). The highest BCUT2D eigenvalue weighted by Crippen LogP contribution is 2.29. The number of carboxylic acid groups (broad SMARTS) is 1. The Morgan fingerprint density at radius 1 is 1.31 bits per heavy atom. The van der Waals surface area contributed by atoms with E-state index in [1.54, 1.807) is 6.92 Å². The van der Waals surface area contributed by atoms with Gasteiger partial charge in [-0.15, -0.1) is 0 Å². The Labute approximate surface area is 95.7 Å². The van der Waals surface area contributed by atoms with Gasteiger partial charge < -0.3 is 10.2 Å². The molecule has 0 spiro atoms. The van der Waals surface area contributed by atoms with E-state index in [1.165, 1.54) is 0 Å².